The van der Waals surface area contributed by atoms with Crippen LogP contribution in [0.15, 0.2) is 47.4 Å². The number of rotatable bonds is 6. The predicted molar refractivity (Wildman–Crippen MR) is 104 cm³/mol. The molecule has 1 aliphatic rings. The van der Waals surface area contributed by atoms with Gasteiger partial charge in [-0.3, -0.25) is 9.59 Å². The summed E-state index contributed by atoms with van der Waals surface area (Å²) in [5.41, 5.74) is 1.39. The highest BCUT2D eigenvalue weighted by Crippen LogP contribution is 2.30. The molecule has 2 aromatic carbocycles. The quantitative estimate of drug-likeness (QED) is 0.672. The summed E-state index contributed by atoms with van der Waals surface area (Å²) < 4.78 is 0. The third kappa shape index (κ3) is 5.39. The lowest BCUT2D eigenvalue weighted by Crippen LogP contribution is -2.14. The van der Waals surface area contributed by atoms with Crippen molar-refractivity contribution in [3.63, 3.8) is 0 Å². The molecule has 2 amide bonds. The summed E-state index contributed by atoms with van der Waals surface area (Å²) in [4.78, 5) is 24.7. The first-order valence-corrected chi connectivity index (χ1v) is 9.54. The van der Waals surface area contributed by atoms with Gasteiger partial charge in [-0.25, -0.2) is 0 Å². The number of benzene rings is 2. The third-order valence-corrected chi connectivity index (χ3v) is 5.39. The number of carbonyl (C=O) groups is 2. The molecule has 130 valence electrons. The zero-order chi connectivity index (χ0) is 17.8. The van der Waals surface area contributed by atoms with Gasteiger partial charge in [0.05, 0.1) is 15.8 Å². The molecule has 0 aromatic heterocycles. The van der Waals surface area contributed by atoms with Gasteiger partial charge < -0.3 is 10.6 Å². The molecule has 0 spiro atoms. The van der Waals surface area contributed by atoms with E-state index >= 15 is 0 Å². The molecular weight excluding hydrogens is 379 g/mol. The highest BCUT2D eigenvalue weighted by atomic mass is 35.5. The van der Waals surface area contributed by atoms with Gasteiger partial charge in [0.2, 0.25) is 11.8 Å². The van der Waals surface area contributed by atoms with Crippen LogP contribution in [0.1, 0.15) is 12.8 Å². The summed E-state index contributed by atoms with van der Waals surface area (Å²) in [6.45, 7) is 0. The second kappa shape index (κ2) is 8.13. The van der Waals surface area contributed by atoms with E-state index in [1.54, 1.807) is 18.2 Å². The Morgan fingerprint density at radius 1 is 0.960 bits per heavy atom. The van der Waals surface area contributed by atoms with Crippen molar-refractivity contribution in [2.75, 3.05) is 16.4 Å². The molecule has 7 heteroatoms. The van der Waals surface area contributed by atoms with E-state index in [2.05, 4.69) is 10.6 Å². The number of hydrogen-bond donors (Lipinski definition) is 2. The Morgan fingerprint density at radius 2 is 1.64 bits per heavy atom. The van der Waals surface area contributed by atoms with Crippen molar-refractivity contribution in [3.8, 4) is 0 Å². The molecule has 0 radical (unpaired) electrons. The monoisotopic (exact) mass is 394 g/mol. The number of carbonyl (C=O) groups excluding carboxylic acids is 2. The van der Waals surface area contributed by atoms with Crippen LogP contribution in [0.5, 0.6) is 0 Å². The molecule has 0 unspecified atom stereocenters. The minimum Gasteiger partial charge on any atom is -0.326 e. The normalized spacial score (nSPS) is 13.4. The van der Waals surface area contributed by atoms with Crippen molar-refractivity contribution in [1.29, 1.82) is 0 Å². The molecule has 0 saturated heterocycles. The lowest BCUT2D eigenvalue weighted by Gasteiger charge is -2.07. The maximum Gasteiger partial charge on any atom is 0.234 e. The molecule has 0 heterocycles. The number of hydrogen-bond acceptors (Lipinski definition) is 3. The fourth-order valence-corrected chi connectivity index (χ4v) is 3.14. The highest BCUT2D eigenvalue weighted by molar-refractivity contribution is 8.00. The summed E-state index contributed by atoms with van der Waals surface area (Å²) in [6, 6.07) is 12.4. The lowest BCUT2D eigenvalue weighted by atomic mass is 10.3. The average molecular weight is 395 g/mol. The molecule has 0 bridgehead atoms. The van der Waals surface area contributed by atoms with E-state index < -0.39 is 0 Å². The van der Waals surface area contributed by atoms with E-state index in [0.29, 0.717) is 15.7 Å². The minimum atomic E-state index is -0.130. The first kappa shape index (κ1) is 18.1. The molecule has 0 atom stereocenters. The topological polar surface area (TPSA) is 58.2 Å². The Labute approximate surface area is 160 Å². The van der Waals surface area contributed by atoms with E-state index in [-0.39, 0.29) is 23.5 Å². The average Bonchev–Trinajstić information content (AvgIpc) is 3.43. The van der Waals surface area contributed by atoms with Crippen molar-refractivity contribution in [3.05, 3.63) is 52.5 Å². The van der Waals surface area contributed by atoms with Gasteiger partial charge >= 0.3 is 0 Å². The number of thioether (sulfide) groups is 1. The first-order chi connectivity index (χ1) is 12.0. The number of amides is 2. The molecule has 1 saturated carbocycles. The third-order valence-electron chi connectivity index (χ3n) is 3.64. The van der Waals surface area contributed by atoms with E-state index in [1.807, 2.05) is 24.3 Å². The molecule has 2 aromatic rings. The van der Waals surface area contributed by atoms with Crippen LogP contribution in [0.25, 0.3) is 0 Å². The van der Waals surface area contributed by atoms with E-state index in [0.717, 1.165) is 23.4 Å². The van der Waals surface area contributed by atoms with Gasteiger partial charge in [0.15, 0.2) is 0 Å². The van der Waals surface area contributed by atoms with Gasteiger partial charge in [0, 0.05) is 22.2 Å². The van der Waals surface area contributed by atoms with Crippen molar-refractivity contribution >= 4 is 58.2 Å². The van der Waals surface area contributed by atoms with Crippen LogP contribution in [0.2, 0.25) is 10.0 Å². The van der Waals surface area contributed by atoms with E-state index in [1.165, 1.54) is 11.8 Å². The van der Waals surface area contributed by atoms with Crippen LogP contribution in [-0.4, -0.2) is 17.6 Å². The zero-order valence-corrected chi connectivity index (χ0v) is 15.5. The zero-order valence-electron chi connectivity index (χ0n) is 13.2. The van der Waals surface area contributed by atoms with Crippen molar-refractivity contribution < 1.29 is 9.59 Å². The Balaban J connectivity index is 1.48. The van der Waals surface area contributed by atoms with Crippen molar-refractivity contribution in [2.45, 2.75) is 17.7 Å². The van der Waals surface area contributed by atoms with Crippen LogP contribution in [0.4, 0.5) is 11.4 Å². The van der Waals surface area contributed by atoms with Crippen molar-refractivity contribution in [1.82, 2.24) is 0 Å². The summed E-state index contributed by atoms with van der Waals surface area (Å²) >= 11 is 13.2. The van der Waals surface area contributed by atoms with Gasteiger partial charge in [0.1, 0.15) is 0 Å². The van der Waals surface area contributed by atoms with Crippen LogP contribution < -0.4 is 10.6 Å². The first-order valence-electron chi connectivity index (χ1n) is 7.80. The smallest absolute Gasteiger partial charge is 0.234 e. The number of halogens is 2. The van der Waals surface area contributed by atoms with Gasteiger partial charge in [0.25, 0.3) is 0 Å². The minimum absolute atomic E-state index is 0.0846. The molecule has 2 N–H and O–H groups in total. The maximum absolute atomic E-state index is 12.0. The predicted octanol–water partition coefficient (Wildman–Crippen LogP) is 5.07. The molecule has 0 aliphatic heterocycles. The highest BCUT2D eigenvalue weighted by Gasteiger charge is 2.29. The van der Waals surface area contributed by atoms with E-state index in [9.17, 15) is 9.59 Å². The molecular formula is C18H16Cl2N2O2S. The number of nitrogens with one attached hydrogen (secondary N) is 2. The van der Waals surface area contributed by atoms with Crippen LogP contribution >= 0.6 is 35.0 Å². The fourth-order valence-electron chi connectivity index (χ4n) is 2.14. The SMILES string of the molecule is O=C(CSc1ccc(NC(=O)C2CC2)cc1)Nc1ccc(Cl)c(Cl)c1. The Kier molecular flexibility index (Phi) is 5.89. The van der Waals surface area contributed by atoms with Crippen LogP contribution in [0, 0.1) is 5.92 Å². The lowest BCUT2D eigenvalue weighted by molar-refractivity contribution is -0.117. The van der Waals surface area contributed by atoms with Gasteiger partial charge in [-0.2, -0.15) is 0 Å². The van der Waals surface area contributed by atoms with Crippen LogP contribution in [-0.2, 0) is 9.59 Å². The summed E-state index contributed by atoms with van der Waals surface area (Å²) in [7, 11) is 0. The molecule has 3 rings (SSSR count). The summed E-state index contributed by atoms with van der Waals surface area (Å²) in [5.74, 6) is 0.406. The summed E-state index contributed by atoms with van der Waals surface area (Å²) in [5, 5.41) is 6.51. The molecule has 4 nitrogen and oxygen atoms in total. The largest absolute Gasteiger partial charge is 0.326 e. The fraction of sp³-hybridized carbons (Fsp3) is 0.222. The number of anilines is 2. The van der Waals surface area contributed by atoms with E-state index in [4.69, 9.17) is 23.2 Å². The van der Waals surface area contributed by atoms with Crippen molar-refractivity contribution in [2.24, 2.45) is 5.92 Å². The second-order valence-corrected chi connectivity index (χ2v) is 7.62. The Bertz CT molecular complexity index is 792. The van der Waals surface area contributed by atoms with Gasteiger partial charge in [-0.15, -0.1) is 11.8 Å². The maximum atomic E-state index is 12.0. The van der Waals surface area contributed by atoms with Crippen LogP contribution in [0.3, 0.4) is 0 Å². The molecule has 1 aliphatic carbocycles. The standard InChI is InChI=1S/C18H16Cl2N2O2S/c19-15-8-5-13(9-16(15)20)21-17(23)10-25-14-6-3-12(4-7-14)22-18(24)11-1-2-11/h3-9,11H,1-2,10H2,(H,21,23)(H,22,24). The molecule has 25 heavy (non-hydrogen) atoms. The molecule has 1 fully saturated rings. The Hall–Kier alpha value is -1.69. The second-order valence-electron chi connectivity index (χ2n) is 5.75. The van der Waals surface area contributed by atoms with Gasteiger partial charge in [-0.1, -0.05) is 23.2 Å². The Morgan fingerprint density at radius 3 is 2.28 bits per heavy atom. The summed E-state index contributed by atoms with van der Waals surface area (Å²) in [6.07, 6.45) is 1.96. The van der Waals surface area contributed by atoms with Gasteiger partial charge in [-0.05, 0) is 55.3 Å².